The molecule has 35 heavy (non-hydrogen) atoms. The zero-order chi connectivity index (χ0) is 24.8. The minimum atomic E-state index is -0.368. The number of amides is 1. The molecule has 0 atom stereocenters. The van der Waals surface area contributed by atoms with Gasteiger partial charge in [0.2, 0.25) is 0 Å². The predicted octanol–water partition coefficient (Wildman–Crippen LogP) is 4.47. The van der Waals surface area contributed by atoms with E-state index < -0.39 is 0 Å². The van der Waals surface area contributed by atoms with E-state index in [9.17, 15) is 4.79 Å². The molecule has 2 aromatic carbocycles. The molecule has 1 spiro atoms. The number of rotatable bonds is 6. The standard InChI is InChI=1S/C26H31N3O3.CO2/c1-3-13-28-18-20(23-10-9-22(31-2)16-24(23)28)17-27-14-11-26(12-15-27)19-29(25(30)32-26)21-7-5-4-6-8-21;2-1-3/h4-10,16,18H,3,11-15,17,19H2,1-2H3;. The van der Waals surface area contributed by atoms with Crippen molar-refractivity contribution in [2.45, 2.75) is 44.9 Å². The van der Waals surface area contributed by atoms with Crippen molar-refractivity contribution in [3.8, 4) is 5.75 Å². The van der Waals surface area contributed by atoms with Crippen molar-refractivity contribution < 1.29 is 23.9 Å². The molecule has 2 aliphatic rings. The number of anilines is 1. The van der Waals surface area contributed by atoms with Gasteiger partial charge in [-0.05, 0) is 36.2 Å². The van der Waals surface area contributed by atoms with Gasteiger partial charge in [-0.1, -0.05) is 25.1 Å². The first-order valence-electron chi connectivity index (χ1n) is 12.0. The SMILES string of the molecule is CCCn1cc(CN2CCC3(CC2)CN(c2ccccc2)C(=O)O3)c2ccc(OC)cc21.O=C=O. The fraction of sp³-hybridized carbons (Fsp3) is 0.407. The van der Waals surface area contributed by atoms with Crippen LogP contribution < -0.4 is 9.64 Å². The second-order valence-electron chi connectivity index (χ2n) is 9.06. The van der Waals surface area contributed by atoms with Crippen LogP contribution in [0.15, 0.2) is 54.7 Å². The van der Waals surface area contributed by atoms with Crippen LogP contribution >= 0.6 is 0 Å². The lowest BCUT2D eigenvalue weighted by atomic mass is 9.91. The molecule has 184 valence electrons. The van der Waals surface area contributed by atoms with E-state index in [0.29, 0.717) is 6.54 Å². The first-order chi connectivity index (χ1) is 17.0. The molecule has 5 rings (SSSR count). The highest BCUT2D eigenvalue weighted by molar-refractivity contribution is 5.90. The number of aromatic nitrogens is 1. The number of likely N-dealkylation sites (tertiary alicyclic amines) is 1. The normalized spacial score (nSPS) is 17.1. The third-order valence-electron chi connectivity index (χ3n) is 6.84. The summed E-state index contributed by atoms with van der Waals surface area (Å²) >= 11 is 0. The van der Waals surface area contributed by atoms with Gasteiger partial charge in [0.25, 0.3) is 0 Å². The number of methoxy groups -OCH3 is 1. The van der Waals surface area contributed by atoms with E-state index in [4.69, 9.17) is 19.1 Å². The maximum absolute atomic E-state index is 12.6. The highest BCUT2D eigenvalue weighted by Gasteiger charge is 2.47. The molecule has 1 amide bonds. The van der Waals surface area contributed by atoms with Gasteiger partial charge in [0.15, 0.2) is 0 Å². The second-order valence-corrected chi connectivity index (χ2v) is 9.06. The molecule has 0 aliphatic carbocycles. The molecule has 0 radical (unpaired) electrons. The zero-order valence-corrected chi connectivity index (χ0v) is 20.2. The molecule has 0 N–H and O–H groups in total. The van der Waals surface area contributed by atoms with Crippen LogP contribution in [0.1, 0.15) is 31.7 Å². The Morgan fingerprint density at radius 3 is 2.46 bits per heavy atom. The lowest BCUT2D eigenvalue weighted by molar-refractivity contribution is -0.191. The van der Waals surface area contributed by atoms with Crippen molar-refractivity contribution in [2.75, 3.05) is 31.6 Å². The molecule has 2 fully saturated rings. The Balaban J connectivity index is 0.000000917. The van der Waals surface area contributed by atoms with Crippen molar-refractivity contribution in [1.82, 2.24) is 9.47 Å². The first kappa shape index (κ1) is 24.5. The Kier molecular flexibility index (Phi) is 7.54. The van der Waals surface area contributed by atoms with Gasteiger partial charge in [0.1, 0.15) is 11.4 Å². The topological polar surface area (TPSA) is 81.1 Å². The van der Waals surface area contributed by atoms with E-state index in [0.717, 1.165) is 56.9 Å². The summed E-state index contributed by atoms with van der Waals surface area (Å²) in [5.74, 6) is 0.894. The Labute approximate surface area is 205 Å². The lowest BCUT2D eigenvalue weighted by Gasteiger charge is -2.37. The van der Waals surface area contributed by atoms with E-state index >= 15 is 0 Å². The van der Waals surface area contributed by atoms with Gasteiger partial charge in [-0.3, -0.25) is 9.80 Å². The Bertz CT molecular complexity index is 1190. The van der Waals surface area contributed by atoms with E-state index in [2.05, 4.69) is 34.7 Å². The summed E-state index contributed by atoms with van der Waals surface area (Å²) in [6.07, 6.45) is 5.15. The number of ether oxygens (including phenoxy) is 2. The van der Waals surface area contributed by atoms with Gasteiger partial charge in [-0.15, -0.1) is 0 Å². The van der Waals surface area contributed by atoms with Crippen LogP contribution in [0.3, 0.4) is 0 Å². The average molecular weight is 478 g/mol. The molecule has 0 unspecified atom stereocenters. The fourth-order valence-electron chi connectivity index (χ4n) is 5.08. The van der Waals surface area contributed by atoms with E-state index in [1.165, 1.54) is 16.5 Å². The molecule has 8 heteroatoms. The van der Waals surface area contributed by atoms with Gasteiger partial charge in [-0.25, -0.2) is 4.79 Å². The molecule has 0 bridgehead atoms. The molecule has 2 saturated heterocycles. The second kappa shape index (κ2) is 10.8. The van der Waals surface area contributed by atoms with E-state index in [1.807, 2.05) is 36.4 Å². The maximum Gasteiger partial charge on any atom is 0.415 e. The summed E-state index contributed by atoms with van der Waals surface area (Å²) < 4.78 is 13.7. The number of benzene rings is 2. The molecule has 3 heterocycles. The number of carbonyl (C=O) groups excluding carboxylic acids is 3. The third-order valence-corrected chi connectivity index (χ3v) is 6.84. The number of hydrogen-bond acceptors (Lipinski definition) is 6. The van der Waals surface area contributed by atoms with E-state index in [1.54, 1.807) is 12.0 Å². The molecule has 1 aromatic heterocycles. The molecular formula is C27H31N3O5. The number of hydrogen-bond donors (Lipinski definition) is 0. The van der Waals surface area contributed by atoms with Crippen molar-refractivity contribution in [3.63, 3.8) is 0 Å². The van der Waals surface area contributed by atoms with Crippen LogP contribution in [0.25, 0.3) is 10.9 Å². The number of aryl methyl sites for hydroxylation is 1. The summed E-state index contributed by atoms with van der Waals surface area (Å²) in [5.41, 5.74) is 3.13. The molecule has 0 saturated carbocycles. The van der Waals surface area contributed by atoms with Gasteiger partial charge in [0.05, 0.1) is 19.2 Å². The smallest absolute Gasteiger partial charge is 0.415 e. The van der Waals surface area contributed by atoms with Crippen molar-refractivity contribution in [1.29, 1.82) is 0 Å². The molecule has 8 nitrogen and oxygen atoms in total. The van der Waals surface area contributed by atoms with Crippen LogP contribution in [-0.2, 0) is 27.4 Å². The summed E-state index contributed by atoms with van der Waals surface area (Å²) in [7, 11) is 1.72. The summed E-state index contributed by atoms with van der Waals surface area (Å²) in [5, 5.41) is 1.29. The van der Waals surface area contributed by atoms with Gasteiger partial charge < -0.3 is 14.0 Å². The number of nitrogens with zero attached hydrogens (tertiary/aromatic N) is 3. The van der Waals surface area contributed by atoms with Gasteiger partial charge in [0, 0.05) is 62.4 Å². The Hall–Kier alpha value is -3.61. The quantitative estimate of drug-likeness (QED) is 0.521. The molecular weight excluding hydrogens is 446 g/mol. The number of fused-ring (bicyclic) bond motifs is 1. The summed E-state index contributed by atoms with van der Waals surface area (Å²) in [4.78, 5) is 33.1. The highest BCUT2D eigenvalue weighted by atomic mass is 16.6. The first-order valence-corrected chi connectivity index (χ1v) is 12.0. The maximum atomic E-state index is 12.6. The molecule has 3 aromatic rings. The van der Waals surface area contributed by atoms with Crippen LogP contribution in [0.2, 0.25) is 0 Å². The van der Waals surface area contributed by atoms with Gasteiger partial charge in [-0.2, -0.15) is 9.59 Å². The highest BCUT2D eigenvalue weighted by Crippen LogP contribution is 2.36. The van der Waals surface area contributed by atoms with Crippen LogP contribution in [0, 0.1) is 0 Å². The summed E-state index contributed by atoms with van der Waals surface area (Å²) in [6.45, 7) is 6.60. The van der Waals surface area contributed by atoms with Gasteiger partial charge >= 0.3 is 12.2 Å². The van der Waals surface area contributed by atoms with Crippen LogP contribution in [0.4, 0.5) is 10.5 Å². The minimum absolute atomic E-state index is 0.221. The molecule has 2 aliphatic heterocycles. The van der Waals surface area contributed by atoms with Crippen molar-refractivity contribution in [2.24, 2.45) is 0 Å². The average Bonchev–Trinajstić information content (AvgIpc) is 3.38. The fourth-order valence-corrected chi connectivity index (χ4v) is 5.08. The van der Waals surface area contributed by atoms with Crippen LogP contribution in [0.5, 0.6) is 5.75 Å². The van der Waals surface area contributed by atoms with E-state index in [-0.39, 0.29) is 17.8 Å². The van der Waals surface area contributed by atoms with Crippen molar-refractivity contribution >= 4 is 28.8 Å². The Morgan fingerprint density at radius 2 is 1.80 bits per heavy atom. The van der Waals surface area contributed by atoms with Crippen molar-refractivity contribution in [3.05, 3.63) is 60.3 Å². The minimum Gasteiger partial charge on any atom is -0.497 e. The zero-order valence-electron chi connectivity index (χ0n) is 20.2. The number of piperidine rings is 1. The predicted molar refractivity (Wildman–Crippen MR) is 131 cm³/mol. The Morgan fingerprint density at radius 1 is 1.09 bits per heavy atom. The largest absolute Gasteiger partial charge is 0.497 e. The monoisotopic (exact) mass is 477 g/mol. The summed E-state index contributed by atoms with van der Waals surface area (Å²) in [6, 6.07) is 16.2. The van der Waals surface area contributed by atoms with Crippen LogP contribution in [-0.4, -0.2) is 54.1 Å². The number of para-hydroxylation sites is 1. The third kappa shape index (κ3) is 5.24. The lowest BCUT2D eigenvalue weighted by Crippen LogP contribution is -2.46. The number of carbonyl (C=O) groups is 1.